The van der Waals surface area contributed by atoms with Crippen LogP contribution in [0.3, 0.4) is 0 Å². The van der Waals surface area contributed by atoms with E-state index in [4.69, 9.17) is 0 Å². The molecule has 1 saturated carbocycles. The van der Waals surface area contributed by atoms with Gasteiger partial charge >= 0.3 is 6.03 Å². The Kier molecular flexibility index (Phi) is 6.06. The van der Waals surface area contributed by atoms with E-state index in [0.29, 0.717) is 25.9 Å². The summed E-state index contributed by atoms with van der Waals surface area (Å²) in [6.07, 6.45) is 6.70. The number of nitrogens with one attached hydrogen (secondary N) is 2. The largest absolute Gasteiger partial charge is 0.335 e. The standard InChI is InChI=1S/C19H25F2N3O2/c20-14-6-7-17(16(21)12-14)23-18(25)13-8-10-24(11-9-13)19(26)22-15-4-2-1-3-5-15/h6-7,12-13,15H,1-5,8-11H2,(H,22,26)(H,23,25). The van der Waals surface area contributed by atoms with Gasteiger partial charge in [-0.1, -0.05) is 19.3 Å². The second kappa shape index (κ2) is 8.47. The molecule has 142 valence electrons. The quantitative estimate of drug-likeness (QED) is 0.859. The highest BCUT2D eigenvalue weighted by Gasteiger charge is 2.28. The van der Waals surface area contributed by atoms with Crippen molar-refractivity contribution in [3.63, 3.8) is 0 Å². The van der Waals surface area contributed by atoms with Crippen LogP contribution in [0.15, 0.2) is 18.2 Å². The third-order valence-electron chi connectivity index (χ3n) is 5.27. The Labute approximate surface area is 152 Å². The van der Waals surface area contributed by atoms with E-state index in [0.717, 1.165) is 37.8 Å². The van der Waals surface area contributed by atoms with Crippen LogP contribution in [0.4, 0.5) is 19.3 Å². The van der Waals surface area contributed by atoms with Gasteiger partial charge in [0, 0.05) is 31.1 Å². The van der Waals surface area contributed by atoms with Gasteiger partial charge in [0.05, 0.1) is 5.69 Å². The molecule has 2 aliphatic rings. The van der Waals surface area contributed by atoms with E-state index in [1.807, 2.05) is 0 Å². The van der Waals surface area contributed by atoms with Gasteiger partial charge in [0.15, 0.2) is 0 Å². The molecule has 3 rings (SSSR count). The van der Waals surface area contributed by atoms with Gasteiger partial charge in [-0.3, -0.25) is 4.79 Å². The Morgan fingerprint density at radius 2 is 1.69 bits per heavy atom. The number of anilines is 1. The lowest BCUT2D eigenvalue weighted by Crippen LogP contribution is -2.49. The van der Waals surface area contributed by atoms with Crippen LogP contribution >= 0.6 is 0 Å². The zero-order valence-corrected chi connectivity index (χ0v) is 14.8. The molecule has 0 unspecified atom stereocenters. The van der Waals surface area contributed by atoms with Crippen LogP contribution in [-0.2, 0) is 4.79 Å². The van der Waals surface area contributed by atoms with Crippen LogP contribution in [0.2, 0.25) is 0 Å². The third-order valence-corrected chi connectivity index (χ3v) is 5.27. The SMILES string of the molecule is O=C(Nc1ccc(F)cc1F)C1CCN(C(=O)NC2CCCCC2)CC1. The summed E-state index contributed by atoms with van der Waals surface area (Å²) in [6.45, 7) is 1.01. The first-order valence-electron chi connectivity index (χ1n) is 9.34. The number of benzene rings is 1. The van der Waals surface area contributed by atoms with Gasteiger partial charge < -0.3 is 15.5 Å². The van der Waals surface area contributed by atoms with Crippen LogP contribution in [-0.4, -0.2) is 36.0 Å². The third kappa shape index (κ3) is 4.71. The molecule has 1 saturated heterocycles. The topological polar surface area (TPSA) is 61.4 Å². The Morgan fingerprint density at radius 1 is 1.00 bits per heavy atom. The smallest absolute Gasteiger partial charge is 0.317 e. The fourth-order valence-electron chi connectivity index (χ4n) is 3.68. The van der Waals surface area contributed by atoms with Gasteiger partial charge in [-0.25, -0.2) is 13.6 Å². The zero-order valence-electron chi connectivity index (χ0n) is 14.8. The first-order valence-corrected chi connectivity index (χ1v) is 9.34. The number of halogens is 2. The molecule has 1 aromatic carbocycles. The molecular weight excluding hydrogens is 340 g/mol. The maximum Gasteiger partial charge on any atom is 0.317 e. The number of urea groups is 1. The predicted molar refractivity (Wildman–Crippen MR) is 94.7 cm³/mol. The van der Waals surface area contributed by atoms with E-state index in [1.165, 1.54) is 12.5 Å². The fraction of sp³-hybridized carbons (Fsp3) is 0.579. The van der Waals surface area contributed by atoms with Crippen LogP contribution in [0.25, 0.3) is 0 Å². The number of carbonyl (C=O) groups is 2. The highest BCUT2D eigenvalue weighted by molar-refractivity contribution is 5.92. The Balaban J connectivity index is 1.46. The average molecular weight is 365 g/mol. The molecule has 0 spiro atoms. The summed E-state index contributed by atoms with van der Waals surface area (Å²) in [4.78, 5) is 26.4. The van der Waals surface area contributed by atoms with E-state index in [1.54, 1.807) is 4.90 Å². The summed E-state index contributed by atoms with van der Waals surface area (Å²) in [5.41, 5.74) is -0.0196. The molecule has 26 heavy (non-hydrogen) atoms. The predicted octanol–water partition coefficient (Wildman–Crippen LogP) is 3.66. The van der Waals surface area contributed by atoms with Crippen molar-refractivity contribution in [2.24, 2.45) is 5.92 Å². The van der Waals surface area contributed by atoms with Gasteiger partial charge in [-0.05, 0) is 37.8 Å². The molecule has 1 aliphatic carbocycles. The zero-order chi connectivity index (χ0) is 18.5. The minimum absolute atomic E-state index is 0.0196. The summed E-state index contributed by atoms with van der Waals surface area (Å²) >= 11 is 0. The normalized spacial score (nSPS) is 19.2. The molecule has 0 bridgehead atoms. The fourth-order valence-corrected chi connectivity index (χ4v) is 3.68. The number of amides is 3. The van der Waals surface area contributed by atoms with Crippen molar-refractivity contribution in [3.8, 4) is 0 Å². The molecule has 2 fully saturated rings. The minimum Gasteiger partial charge on any atom is -0.335 e. The monoisotopic (exact) mass is 365 g/mol. The van der Waals surface area contributed by atoms with Crippen molar-refractivity contribution in [2.45, 2.75) is 51.0 Å². The van der Waals surface area contributed by atoms with Gasteiger partial charge in [0.25, 0.3) is 0 Å². The number of carbonyl (C=O) groups excluding carboxylic acids is 2. The molecule has 3 amide bonds. The molecule has 1 heterocycles. The van der Waals surface area contributed by atoms with E-state index >= 15 is 0 Å². The molecule has 0 radical (unpaired) electrons. The van der Waals surface area contributed by atoms with E-state index < -0.39 is 11.6 Å². The molecule has 5 nitrogen and oxygen atoms in total. The molecule has 2 N–H and O–H groups in total. The van der Waals surface area contributed by atoms with E-state index in [2.05, 4.69) is 10.6 Å². The minimum atomic E-state index is -0.789. The first-order chi connectivity index (χ1) is 12.5. The molecule has 7 heteroatoms. The van der Waals surface area contributed by atoms with Crippen molar-refractivity contribution in [1.29, 1.82) is 0 Å². The van der Waals surface area contributed by atoms with Crippen molar-refractivity contribution in [2.75, 3.05) is 18.4 Å². The number of hydrogen-bond acceptors (Lipinski definition) is 2. The van der Waals surface area contributed by atoms with E-state index in [9.17, 15) is 18.4 Å². The number of nitrogens with zero attached hydrogens (tertiary/aromatic N) is 1. The molecule has 0 aromatic heterocycles. The number of rotatable bonds is 3. The van der Waals surface area contributed by atoms with Gasteiger partial charge in [0.1, 0.15) is 11.6 Å². The summed E-state index contributed by atoms with van der Waals surface area (Å²) in [5.74, 6) is -2.04. The highest BCUT2D eigenvalue weighted by Crippen LogP contribution is 2.22. The molecule has 1 aliphatic heterocycles. The summed E-state index contributed by atoms with van der Waals surface area (Å²) in [5, 5.41) is 5.60. The van der Waals surface area contributed by atoms with Gasteiger partial charge in [0.2, 0.25) is 5.91 Å². The van der Waals surface area contributed by atoms with Crippen molar-refractivity contribution < 1.29 is 18.4 Å². The van der Waals surface area contributed by atoms with Gasteiger partial charge in [-0.15, -0.1) is 0 Å². The summed E-state index contributed by atoms with van der Waals surface area (Å²) in [7, 11) is 0. The average Bonchev–Trinajstić information content (AvgIpc) is 2.65. The second-order valence-electron chi connectivity index (χ2n) is 7.16. The lowest BCUT2D eigenvalue weighted by atomic mass is 9.95. The lowest BCUT2D eigenvalue weighted by molar-refractivity contribution is -0.121. The van der Waals surface area contributed by atoms with Crippen LogP contribution in [0, 0.1) is 17.6 Å². The summed E-state index contributed by atoms with van der Waals surface area (Å²) < 4.78 is 26.6. The van der Waals surface area contributed by atoms with Crippen LogP contribution in [0.5, 0.6) is 0 Å². The van der Waals surface area contributed by atoms with Crippen molar-refractivity contribution in [1.82, 2.24) is 10.2 Å². The lowest BCUT2D eigenvalue weighted by Gasteiger charge is -2.33. The molecule has 1 aromatic rings. The maximum atomic E-state index is 13.7. The Bertz CT molecular complexity index is 654. The van der Waals surface area contributed by atoms with Gasteiger partial charge in [-0.2, -0.15) is 0 Å². The van der Waals surface area contributed by atoms with Crippen LogP contribution in [0.1, 0.15) is 44.9 Å². The van der Waals surface area contributed by atoms with Crippen molar-refractivity contribution in [3.05, 3.63) is 29.8 Å². The first kappa shape index (κ1) is 18.6. The van der Waals surface area contributed by atoms with Crippen LogP contribution < -0.4 is 10.6 Å². The number of piperidine rings is 1. The molecular formula is C19H25F2N3O2. The maximum absolute atomic E-state index is 13.7. The molecule has 0 atom stereocenters. The second-order valence-corrected chi connectivity index (χ2v) is 7.16. The summed E-state index contributed by atoms with van der Waals surface area (Å²) in [6, 6.07) is 3.28. The van der Waals surface area contributed by atoms with Crippen molar-refractivity contribution >= 4 is 17.6 Å². The van der Waals surface area contributed by atoms with E-state index in [-0.39, 0.29) is 29.6 Å². The Hall–Kier alpha value is -2.18. The number of likely N-dealkylation sites (tertiary alicyclic amines) is 1. The Morgan fingerprint density at radius 3 is 2.35 bits per heavy atom. The highest BCUT2D eigenvalue weighted by atomic mass is 19.1. The number of hydrogen-bond donors (Lipinski definition) is 2.